The van der Waals surface area contributed by atoms with Gasteiger partial charge in [0.25, 0.3) is 5.91 Å². The second-order valence-electron chi connectivity index (χ2n) is 5.99. The molecule has 1 saturated heterocycles. The third kappa shape index (κ3) is 3.27. The van der Waals surface area contributed by atoms with E-state index in [1.54, 1.807) is 0 Å². The van der Waals surface area contributed by atoms with Crippen LogP contribution in [0.4, 0.5) is 0 Å². The minimum atomic E-state index is 0.0325. The maximum atomic E-state index is 12.3. The van der Waals surface area contributed by atoms with Crippen LogP contribution in [0.3, 0.4) is 0 Å². The van der Waals surface area contributed by atoms with E-state index in [1.165, 1.54) is 11.1 Å². The van der Waals surface area contributed by atoms with Crippen molar-refractivity contribution in [3.8, 4) is 0 Å². The molecule has 2 atom stereocenters. The lowest BCUT2D eigenvalue weighted by atomic mass is 9.97. The number of carbonyl (C=O) groups excluding carboxylic acids is 1. The summed E-state index contributed by atoms with van der Waals surface area (Å²) in [6.07, 6.45) is 3.42. The molecule has 1 aromatic carbocycles. The van der Waals surface area contributed by atoms with Crippen LogP contribution in [0.15, 0.2) is 18.2 Å². The predicted molar refractivity (Wildman–Crippen MR) is 82.3 cm³/mol. The largest absolute Gasteiger partial charge is 0.378 e. The summed E-state index contributed by atoms with van der Waals surface area (Å²) >= 11 is 0. The van der Waals surface area contributed by atoms with Gasteiger partial charge >= 0.3 is 0 Å². The normalized spacial score (nSPS) is 24.6. The van der Waals surface area contributed by atoms with Crippen molar-refractivity contribution in [2.24, 2.45) is 5.92 Å². The molecule has 2 N–H and O–H groups in total. The fourth-order valence-corrected chi connectivity index (χ4v) is 3.33. The van der Waals surface area contributed by atoms with E-state index in [0.29, 0.717) is 18.6 Å². The van der Waals surface area contributed by atoms with Gasteiger partial charge in [0.2, 0.25) is 0 Å². The summed E-state index contributed by atoms with van der Waals surface area (Å²) in [4.78, 5) is 12.3. The van der Waals surface area contributed by atoms with E-state index in [9.17, 15) is 4.79 Å². The lowest BCUT2D eigenvalue weighted by Crippen LogP contribution is -2.33. The standard InChI is InChI=1S/C17H24N2O2/c1-2-16-14(6-8-21-16)11-19-17(20)13-4-3-12-5-7-18-10-15(12)9-13/h3-4,9,14,16,18H,2,5-8,10-11H2,1H3,(H,19,20). The van der Waals surface area contributed by atoms with Crippen LogP contribution in [0, 0.1) is 5.92 Å². The van der Waals surface area contributed by atoms with Gasteiger partial charge in [-0.25, -0.2) is 0 Å². The van der Waals surface area contributed by atoms with Crippen molar-refractivity contribution in [3.63, 3.8) is 0 Å². The molecule has 0 aromatic heterocycles. The molecular weight excluding hydrogens is 264 g/mol. The highest BCUT2D eigenvalue weighted by Gasteiger charge is 2.27. The number of carbonyl (C=O) groups is 1. The average Bonchev–Trinajstić information content (AvgIpc) is 2.99. The summed E-state index contributed by atoms with van der Waals surface area (Å²) in [6.45, 7) is 5.57. The Bertz CT molecular complexity index is 516. The molecule has 2 unspecified atom stereocenters. The summed E-state index contributed by atoms with van der Waals surface area (Å²) in [5.41, 5.74) is 3.38. The summed E-state index contributed by atoms with van der Waals surface area (Å²) in [5, 5.41) is 6.42. The second-order valence-corrected chi connectivity index (χ2v) is 5.99. The Morgan fingerprint density at radius 1 is 1.43 bits per heavy atom. The SMILES string of the molecule is CCC1OCCC1CNC(=O)c1ccc2c(c1)CNCC2. The van der Waals surface area contributed by atoms with Gasteiger partial charge in [0.05, 0.1) is 6.10 Å². The molecule has 4 heteroatoms. The molecule has 0 radical (unpaired) electrons. The van der Waals surface area contributed by atoms with E-state index in [4.69, 9.17) is 4.74 Å². The van der Waals surface area contributed by atoms with E-state index < -0.39 is 0 Å². The molecule has 1 amide bonds. The van der Waals surface area contributed by atoms with Gasteiger partial charge in [0.1, 0.15) is 0 Å². The van der Waals surface area contributed by atoms with E-state index >= 15 is 0 Å². The third-order valence-electron chi connectivity index (χ3n) is 4.63. The van der Waals surface area contributed by atoms with E-state index in [0.717, 1.165) is 44.5 Å². The van der Waals surface area contributed by atoms with Crippen LogP contribution in [-0.2, 0) is 17.7 Å². The lowest BCUT2D eigenvalue weighted by molar-refractivity contribution is 0.0827. The van der Waals surface area contributed by atoms with Gasteiger partial charge in [-0.15, -0.1) is 0 Å². The molecule has 0 bridgehead atoms. The number of rotatable bonds is 4. The molecule has 4 nitrogen and oxygen atoms in total. The number of benzene rings is 1. The zero-order valence-corrected chi connectivity index (χ0v) is 12.7. The van der Waals surface area contributed by atoms with Gasteiger partial charge in [0.15, 0.2) is 0 Å². The Kier molecular flexibility index (Phi) is 4.56. The molecule has 114 valence electrons. The van der Waals surface area contributed by atoms with Crippen molar-refractivity contribution in [2.45, 2.75) is 38.8 Å². The number of hydrogen-bond donors (Lipinski definition) is 2. The first-order valence-corrected chi connectivity index (χ1v) is 8.00. The first-order valence-electron chi connectivity index (χ1n) is 8.00. The van der Waals surface area contributed by atoms with Crippen LogP contribution in [0.1, 0.15) is 41.3 Å². The zero-order chi connectivity index (χ0) is 14.7. The van der Waals surface area contributed by atoms with Crippen LogP contribution in [-0.4, -0.2) is 31.7 Å². The Hall–Kier alpha value is -1.39. The van der Waals surface area contributed by atoms with Gasteiger partial charge in [-0.05, 0) is 49.1 Å². The maximum absolute atomic E-state index is 12.3. The predicted octanol–water partition coefficient (Wildman–Crippen LogP) is 1.88. The molecule has 2 aliphatic rings. The quantitative estimate of drug-likeness (QED) is 0.889. The van der Waals surface area contributed by atoms with Crippen LogP contribution in [0.25, 0.3) is 0 Å². The Balaban J connectivity index is 1.60. The number of nitrogens with one attached hydrogen (secondary N) is 2. The van der Waals surface area contributed by atoms with Gasteiger partial charge in [-0.1, -0.05) is 13.0 Å². The van der Waals surface area contributed by atoms with Crippen LogP contribution < -0.4 is 10.6 Å². The number of amides is 1. The fraction of sp³-hybridized carbons (Fsp3) is 0.588. The first-order chi connectivity index (χ1) is 10.3. The van der Waals surface area contributed by atoms with E-state index in [1.807, 2.05) is 12.1 Å². The van der Waals surface area contributed by atoms with Crippen LogP contribution >= 0.6 is 0 Å². The molecule has 3 rings (SSSR count). The highest BCUT2D eigenvalue weighted by Crippen LogP contribution is 2.22. The van der Waals surface area contributed by atoms with Crippen molar-refractivity contribution >= 4 is 5.91 Å². The Morgan fingerprint density at radius 2 is 2.33 bits per heavy atom. The molecule has 21 heavy (non-hydrogen) atoms. The number of fused-ring (bicyclic) bond motifs is 1. The van der Waals surface area contributed by atoms with Crippen molar-refractivity contribution in [3.05, 3.63) is 34.9 Å². The van der Waals surface area contributed by atoms with Crippen LogP contribution in [0.5, 0.6) is 0 Å². The van der Waals surface area contributed by atoms with Crippen molar-refractivity contribution < 1.29 is 9.53 Å². The van der Waals surface area contributed by atoms with Gasteiger partial charge in [0, 0.05) is 31.2 Å². The smallest absolute Gasteiger partial charge is 0.251 e. The maximum Gasteiger partial charge on any atom is 0.251 e. The molecular formula is C17H24N2O2. The Labute approximate surface area is 126 Å². The minimum absolute atomic E-state index is 0.0325. The fourth-order valence-electron chi connectivity index (χ4n) is 3.33. The molecule has 1 fully saturated rings. The summed E-state index contributed by atoms with van der Waals surface area (Å²) in [6, 6.07) is 6.07. The van der Waals surface area contributed by atoms with Gasteiger partial charge < -0.3 is 15.4 Å². The van der Waals surface area contributed by atoms with Crippen LogP contribution in [0.2, 0.25) is 0 Å². The summed E-state index contributed by atoms with van der Waals surface area (Å²) in [5.74, 6) is 0.489. The number of hydrogen-bond acceptors (Lipinski definition) is 3. The number of ether oxygens (including phenoxy) is 1. The van der Waals surface area contributed by atoms with Gasteiger partial charge in [-0.3, -0.25) is 4.79 Å². The first kappa shape index (κ1) is 14.5. The van der Waals surface area contributed by atoms with Crippen molar-refractivity contribution in [1.82, 2.24) is 10.6 Å². The minimum Gasteiger partial charge on any atom is -0.378 e. The molecule has 0 saturated carbocycles. The topological polar surface area (TPSA) is 50.4 Å². The third-order valence-corrected chi connectivity index (χ3v) is 4.63. The van der Waals surface area contributed by atoms with Crippen molar-refractivity contribution in [1.29, 1.82) is 0 Å². The highest BCUT2D eigenvalue weighted by atomic mass is 16.5. The zero-order valence-electron chi connectivity index (χ0n) is 12.7. The lowest BCUT2D eigenvalue weighted by Gasteiger charge is -2.19. The van der Waals surface area contributed by atoms with Crippen molar-refractivity contribution in [2.75, 3.05) is 19.7 Å². The van der Waals surface area contributed by atoms with E-state index in [2.05, 4.69) is 23.6 Å². The Morgan fingerprint density at radius 3 is 3.19 bits per heavy atom. The highest BCUT2D eigenvalue weighted by molar-refractivity contribution is 5.94. The molecule has 0 aliphatic carbocycles. The molecule has 2 heterocycles. The average molecular weight is 288 g/mol. The molecule has 1 aromatic rings. The van der Waals surface area contributed by atoms with Gasteiger partial charge in [-0.2, -0.15) is 0 Å². The second kappa shape index (κ2) is 6.58. The summed E-state index contributed by atoms with van der Waals surface area (Å²) in [7, 11) is 0. The monoisotopic (exact) mass is 288 g/mol. The summed E-state index contributed by atoms with van der Waals surface area (Å²) < 4.78 is 5.67. The van der Waals surface area contributed by atoms with E-state index in [-0.39, 0.29) is 5.91 Å². The molecule has 2 aliphatic heterocycles. The molecule has 0 spiro atoms.